The van der Waals surface area contributed by atoms with Crippen molar-refractivity contribution >= 4 is 30.0 Å². The van der Waals surface area contributed by atoms with E-state index in [0.717, 1.165) is 0 Å². The van der Waals surface area contributed by atoms with E-state index in [2.05, 4.69) is 34.4 Å². The summed E-state index contributed by atoms with van der Waals surface area (Å²) in [6.45, 7) is 0. The Morgan fingerprint density at radius 2 is 2.38 bits per heavy atom. The van der Waals surface area contributed by atoms with Crippen molar-refractivity contribution in [1.29, 1.82) is 0 Å². The van der Waals surface area contributed by atoms with Gasteiger partial charge in [-0.15, -0.1) is 0 Å². The van der Waals surface area contributed by atoms with Crippen LogP contribution >= 0.6 is 24.2 Å². The number of nitrogens with two attached hydrogens (primary N) is 1. The quantitative estimate of drug-likeness (QED) is 0.548. The molecule has 0 saturated carbocycles. The highest BCUT2D eigenvalue weighted by molar-refractivity contribution is 7.80. The molecule has 0 atom stereocenters. The van der Waals surface area contributed by atoms with Crippen LogP contribution in [0.4, 0.5) is 5.82 Å². The molecule has 0 saturated heterocycles. The molecule has 0 bridgehead atoms. The van der Waals surface area contributed by atoms with Crippen LogP contribution in [0.2, 0.25) is 5.15 Å². The van der Waals surface area contributed by atoms with Crippen LogP contribution in [0.25, 0.3) is 0 Å². The summed E-state index contributed by atoms with van der Waals surface area (Å²) in [6, 6.07) is 0. The van der Waals surface area contributed by atoms with Crippen molar-refractivity contribution in [2.45, 2.75) is 6.42 Å². The third-order valence-corrected chi connectivity index (χ3v) is 1.68. The second-order valence-electron chi connectivity index (χ2n) is 2.21. The van der Waals surface area contributed by atoms with Gasteiger partial charge in [-0.25, -0.2) is 9.97 Å². The van der Waals surface area contributed by atoms with E-state index in [9.17, 15) is 0 Å². The largest absolute Gasteiger partial charge is 0.382 e. The number of hydrogen-bond donors (Lipinski definition) is 2. The minimum absolute atomic E-state index is 0.242. The fraction of sp³-hybridized carbons (Fsp3) is 0.250. The van der Waals surface area contributed by atoms with Gasteiger partial charge in [-0.05, 0) is 5.92 Å². The Morgan fingerprint density at radius 3 is 3.00 bits per heavy atom. The van der Waals surface area contributed by atoms with Gasteiger partial charge in [0.2, 0.25) is 0 Å². The van der Waals surface area contributed by atoms with Crippen LogP contribution in [0.5, 0.6) is 0 Å². The molecule has 0 radical (unpaired) electrons. The monoisotopic (exact) mass is 213 g/mol. The van der Waals surface area contributed by atoms with Gasteiger partial charge in [0.1, 0.15) is 5.82 Å². The molecule has 0 fully saturated rings. The van der Waals surface area contributed by atoms with Gasteiger partial charge in [0.25, 0.3) is 0 Å². The van der Waals surface area contributed by atoms with Gasteiger partial charge in [-0.3, -0.25) is 0 Å². The predicted molar refractivity (Wildman–Crippen MR) is 56.8 cm³/mol. The van der Waals surface area contributed by atoms with E-state index in [0.29, 0.717) is 23.7 Å². The van der Waals surface area contributed by atoms with Crippen LogP contribution in [0.15, 0.2) is 6.20 Å². The Morgan fingerprint density at radius 1 is 1.62 bits per heavy atom. The maximum absolute atomic E-state index is 5.73. The molecular formula is C8H8ClN3S. The molecule has 0 amide bonds. The number of rotatable bonds is 1. The van der Waals surface area contributed by atoms with E-state index in [1.54, 1.807) is 0 Å². The van der Waals surface area contributed by atoms with E-state index < -0.39 is 0 Å². The van der Waals surface area contributed by atoms with E-state index >= 15 is 0 Å². The summed E-state index contributed by atoms with van der Waals surface area (Å²) in [4.78, 5) is 7.74. The van der Waals surface area contributed by atoms with Crippen molar-refractivity contribution in [3.8, 4) is 11.8 Å². The zero-order chi connectivity index (χ0) is 9.68. The zero-order valence-corrected chi connectivity index (χ0v) is 8.44. The number of anilines is 1. The van der Waals surface area contributed by atoms with Crippen molar-refractivity contribution in [1.82, 2.24) is 9.97 Å². The van der Waals surface area contributed by atoms with Crippen LogP contribution in [0.3, 0.4) is 0 Å². The maximum Gasteiger partial charge on any atom is 0.165 e. The van der Waals surface area contributed by atoms with E-state index in [1.807, 2.05) is 0 Å². The molecular weight excluding hydrogens is 206 g/mol. The minimum Gasteiger partial charge on any atom is -0.382 e. The molecule has 13 heavy (non-hydrogen) atoms. The van der Waals surface area contributed by atoms with Crippen molar-refractivity contribution in [3.63, 3.8) is 0 Å². The number of nitrogen functional groups attached to an aromatic ring is 1. The summed E-state index contributed by atoms with van der Waals surface area (Å²) in [6.07, 6.45) is 2.13. The van der Waals surface area contributed by atoms with Crippen molar-refractivity contribution < 1.29 is 0 Å². The maximum atomic E-state index is 5.73. The molecule has 1 aromatic heterocycles. The number of halogens is 1. The number of nitrogens with zero attached hydrogens (tertiary/aromatic N) is 2. The lowest BCUT2D eigenvalue weighted by Gasteiger charge is -1.94. The smallest absolute Gasteiger partial charge is 0.165 e. The Kier molecular flexibility index (Phi) is 3.87. The van der Waals surface area contributed by atoms with Gasteiger partial charge in [0.15, 0.2) is 10.8 Å². The van der Waals surface area contributed by atoms with Crippen molar-refractivity contribution in [2.75, 3.05) is 11.5 Å². The van der Waals surface area contributed by atoms with Gasteiger partial charge in [0.05, 0.1) is 6.20 Å². The zero-order valence-electron chi connectivity index (χ0n) is 6.79. The highest BCUT2D eigenvalue weighted by atomic mass is 35.5. The molecule has 5 heteroatoms. The first-order valence-corrected chi connectivity index (χ1v) is 4.63. The van der Waals surface area contributed by atoms with Crippen molar-refractivity contribution in [3.05, 3.63) is 17.0 Å². The molecule has 0 aliphatic heterocycles. The van der Waals surface area contributed by atoms with Gasteiger partial charge >= 0.3 is 0 Å². The molecule has 0 aliphatic carbocycles. The van der Waals surface area contributed by atoms with Crippen LogP contribution in [-0.2, 0) is 0 Å². The van der Waals surface area contributed by atoms with Crippen LogP contribution in [0.1, 0.15) is 12.1 Å². The highest BCUT2D eigenvalue weighted by Crippen LogP contribution is 2.09. The minimum atomic E-state index is 0.242. The lowest BCUT2D eigenvalue weighted by molar-refractivity contribution is 1.18. The molecule has 1 heterocycles. The predicted octanol–water partition coefficient (Wildman–Crippen LogP) is 1.38. The average molecular weight is 214 g/mol. The summed E-state index contributed by atoms with van der Waals surface area (Å²) in [5.74, 6) is 6.65. The lowest BCUT2D eigenvalue weighted by Crippen LogP contribution is -1.94. The molecule has 1 rings (SSSR count). The fourth-order valence-electron chi connectivity index (χ4n) is 0.665. The first-order chi connectivity index (χ1) is 6.24. The molecule has 0 aliphatic rings. The second kappa shape index (κ2) is 4.95. The van der Waals surface area contributed by atoms with E-state index in [4.69, 9.17) is 17.3 Å². The summed E-state index contributed by atoms with van der Waals surface area (Å²) >= 11 is 9.75. The van der Waals surface area contributed by atoms with E-state index in [1.165, 1.54) is 6.20 Å². The van der Waals surface area contributed by atoms with E-state index in [-0.39, 0.29) is 5.15 Å². The number of thiol groups is 1. The topological polar surface area (TPSA) is 51.8 Å². The van der Waals surface area contributed by atoms with Crippen LogP contribution < -0.4 is 5.73 Å². The molecule has 0 unspecified atom stereocenters. The molecule has 0 spiro atoms. The number of hydrogen-bond acceptors (Lipinski definition) is 4. The van der Waals surface area contributed by atoms with Crippen LogP contribution in [-0.4, -0.2) is 15.7 Å². The third kappa shape index (κ3) is 3.13. The number of aromatic nitrogens is 2. The average Bonchev–Trinajstić information content (AvgIpc) is 2.09. The Bertz CT molecular complexity index is 356. The van der Waals surface area contributed by atoms with Gasteiger partial charge in [-0.2, -0.15) is 12.6 Å². The van der Waals surface area contributed by atoms with Crippen LogP contribution in [0, 0.1) is 11.8 Å². The van der Waals surface area contributed by atoms with Gasteiger partial charge in [0, 0.05) is 12.2 Å². The Balaban J connectivity index is 2.85. The first-order valence-electron chi connectivity index (χ1n) is 3.62. The summed E-state index contributed by atoms with van der Waals surface area (Å²) in [5.41, 5.74) is 5.82. The highest BCUT2D eigenvalue weighted by Gasteiger charge is 1.99. The SMILES string of the molecule is Nc1cnc(C#CCCS)c(Cl)n1. The summed E-state index contributed by atoms with van der Waals surface area (Å²) in [7, 11) is 0. The Hall–Kier alpha value is -0.920. The first kappa shape index (κ1) is 10.2. The molecule has 0 aromatic carbocycles. The van der Waals surface area contributed by atoms with Gasteiger partial charge in [-0.1, -0.05) is 17.5 Å². The molecule has 3 nitrogen and oxygen atoms in total. The third-order valence-electron chi connectivity index (χ3n) is 1.19. The molecule has 68 valence electrons. The normalized spacial score (nSPS) is 9.08. The second-order valence-corrected chi connectivity index (χ2v) is 3.01. The standard InChI is InChI=1S/C8H8ClN3S/c9-8-6(3-1-2-4-13)11-5-7(10)12-8/h5,13H,2,4H2,(H2,10,12). The molecule has 1 aromatic rings. The molecule has 2 N–H and O–H groups in total. The fourth-order valence-corrected chi connectivity index (χ4v) is 0.971. The summed E-state index contributed by atoms with van der Waals surface area (Å²) in [5, 5.41) is 0.242. The van der Waals surface area contributed by atoms with Gasteiger partial charge < -0.3 is 5.73 Å². The Labute approximate surface area is 87.1 Å². The summed E-state index contributed by atoms with van der Waals surface area (Å²) < 4.78 is 0. The van der Waals surface area contributed by atoms with Crippen molar-refractivity contribution in [2.24, 2.45) is 0 Å². The lowest BCUT2D eigenvalue weighted by atomic mass is 10.4.